The highest BCUT2D eigenvalue weighted by atomic mass is 16.3. The lowest BCUT2D eigenvalue weighted by Crippen LogP contribution is -2.25. The largest absolute Gasteiger partial charge is 0.507 e. The Morgan fingerprint density at radius 3 is 2.40 bits per heavy atom. The van der Waals surface area contributed by atoms with Gasteiger partial charge < -0.3 is 10.4 Å². The van der Waals surface area contributed by atoms with Crippen LogP contribution in [0.3, 0.4) is 0 Å². The molecule has 0 spiro atoms. The topological polar surface area (TPSA) is 62.2 Å². The number of carbonyl (C=O) groups excluding carboxylic acids is 1. The minimum absolute atomic E-state index is 0.0976. The lowest BCUT2D eigenvalue weighted by Gasteiger charge is -2.09. The van der Waals surface area contributed by atoms with E-state index in [0.29, 0.717) is 17.9 Å². The molecule has 20 heavy (non-hydrogen) atoms. The monoisotopic (exact) mass is 270 g/mol. The number of hydrogen-bond acceptors (Lipinski definition) is 3. The predicted octanol–water partition coefficient (Wildman–Crippen LogP) is 2.38. The Morgan fingerprint density at radius 1 is 1.20 bits per heavy atom. The van der Waals surface area contributed by atoms with E-state index >= 15 is 0 Å². The Bertz CT molecular complexity index is 586. The second kappa shape index (κ2) is 6.19. The van der Waals surface area contributed by atoms with Crippen LogP contribution in [0.1, 0.15) is 27.0 Å². The Morgan fingerprint density at radius 2 is 1.80 bits per heavy atom. The summed E-state index contributed by atoms with van der Waals surface area (Å²) in [5.74, 6) is 0.245. The van der Waals surface area contributed by atoms with Gasteiger partial charge in [-0.05, 0) is 49.1 Å². The SMILES string of the molecule is Cc1cc(CCNC(=O)c2ccncc2)cc(C)c1O. The molecule has 0 saturated heterocycles. The second-order valence-corrected chi connectivity index (χ2v) is 4.82. The molecule has 0 radical (unpaired) electrons. The Labute approximate surface area is 118 Å². The molecule has 4 heteroatoms. The van der Waals surface area contributed by atoms with Crippen molar-refractivity contribution in [2.24, 2.45) is 0 Å². The molecule has 0 aliphatic heterocycles. The number of aromatic nitrogens is 1. The van der Waals surface area contributed by atoms with Gasteiger partial charge in [0, 0.05) is 24.5 Å². The van der Waals surface area contributed by atoms with Crippen LogP contribution in [0.4, 0.5) is 0 Å². The molecule has 1 heterocycles. The van der Waals surface area contributed by atoms with Gasteiger partial charge in [-0.3, -0.25) is 9.78 Å². The first kappa shape index (κ1) is 14.1. The number of rotatable bonds is 4. The highest BCUT2D eigenvalue weighted by molar-refractivity contribution is 5.93. The van der Waals surface area contributed by atoms with Crippen molar-refractivity contribution < 1.29 is 9.90 Å². The molecule has 1 aromatic heterocycles. The number of aromatic hydroxyl groups is 1. The van der Waals surface area contributed by atoms with Crippen molar-refractivity contribution in [1.82, 2.24) is 10.3 Å². The van der Waals surface area contributed by atoms with Gasteiger partial charge in [0.2, 0.25) is 0 Å². The number of phenols is 1. The summed E-state index contributed by atoms with van der Waals surface area (Å²) in [6.07, 6.45) is 3.93. The first-order valence-electron chi connectivity index (χ1n) is 6.55. The van der Waals surface area contributed by atoms with E-state index in [1.807, 2.05) is 26.0 Å². The van der Waals surface area contributed by atoms with E-state index in [9.17, 15) is 9.90 Å². The van der Waals surface area contributed by atoms with Crippen LogP contribution in [-0.4, -0.2) is 22.5 Å². The molecule has 2 rings (SSSR count). The van der Waals surface area contributed by atoms with Crippen molar-refractivity contribution in [2.45, 2.75) is 20.3 Å². The molecule has 0 aliphatic rings. The number of hydrogen-bond donors (Lipinski definition) is 2. The molecule has 4 nitrogen and oxygen atoms in total. The van der Waals surface area contributed by atoms with Crippen molar-refractivity contribution in [3.63, 3.8) is 0 Å². The number of phenolic OH excluding ortho intramolecular Hbond substituents is 1. The zero-order valence-corrected chi connectivity index (χ0v) is 11.7. The quantitative estimate of drug-likeness (QED) is 0.896. The maximum atomic E-state index is 11.8. The third-order valence-corrected chi connectivity index (χ3v) is 3.19. The van der Waals surface area contributed by atoms with E-state index in [-0.39, 0.29) is 5.91 Å². The van der Waals surface area contributed by atoms with Crippen molar-refractivity contribution in [3.8, 4) is 5.75 Å². The molecule has 0 unspecified atom stereocenters. The number of benzene rings is 1. The van der Waals surface area contributed by atoms with E-state index in [4.69, 9.17) is 0 Å². The zero-order chi connectivity index (χ0) is 14.5. The van der Waals surface area contributed by atoms with Gasteiger partial charge in [0.25, 0.3) is 5.91 Å². The lowest BCUT2D eigenvalue weighted by atomic mass is 10.0. The maximum absolute atomic E-state index is 11.8. The van der Waals surface area contributed by atoms with Crippen molar-refractivity contribution in [2.75, 3.05) is 6.54 Å². The third-order valence-electron chi connectivity index (χ3n) is 3.19. The third kappa shape index (κ3) is 3.35. The standard InChI is InChI=1S/C16H18N2O2/c1-11-9-13(10-12(2)15(11)19)3-8-18-16(20)14-4-6-17-7-5-14/h4-7,9-10,19H,3,8H2,1-2H3,(H,18,20). The summed E-state index contributed by atoms with van der Waals surface area (Å²) in [7, 11) is 0. The van der Waals surface area contributed by atoms with E-state index < -0.39 is 0 Å². The molecular formula is C16H18N2O2. The fraction of sp³-hybridized carbons (Fsp3) is 0.250. The smallest absolute Gasteiger partial charge is 0.251 e. The molecule has 0 fully saturated rings. The Kier molecular flexibility index (Phi) is 4.35. The molecule has 2 N–H and O–H groups in total. The number of carbonyl (C=O) groups is 1. The summed E-state index contributed by atoms with van der Waals surface area (Å²) < 4.78 is 0. The summed E-state index contributed by atoms with van der Waals surface area (Å²) in [4.78, 5) is 15.7. The number of aryl methyl sites for hydroxylation is 2. The predicted molar refractivity (Wildman–Crippen MR) is 77.9 cm³/mol. The van der Waals surface area contributed by atoms with Crippen molar-refractivity contribution in [1.29, 1.82) is 0 Å². The van der Waals surface area contributed by atoms with Gasteiger partial charge in [-0.2, -0.15) is 0 Å². The van der Waals surface area contributed by atoms with E-state index in [1.165, 1.54) is 0 Å². The maximum Gasteiger partial charge on any atom is 0.251 e. The highest BCUT2D eigenvalue weighted by Gasteiger charge is 2.06. The van der Waals surface area contributed by atoms with Crippen molar-refractivity contribution in [3.05, 3.63) is 58.9 Å². The minimum atomic E-state index is -0.0976. The molecule has 0 aliphatic carbocycles. The van der Waals surface area contributed by atoms with Crippen LogP contribution < -0.4 is 5.32 Å². The van der Waals surface area contributed by atoms with E-state index in [1.54, 1.807) is 24.5 Å². The zero-order valence-electron chi connectivity index (χ0n) is 11.7. The van der Waals surface area contributed by atoms with Crippen LogP contribution in [0, 0.1) is 13.8 Å². The number of pyridine rings is 1. The molecule has 0 saturated carbocycles. The summed E-state index contributed by atoms with van der Waals surface area (Å²) in [5, 5.41) is 12.6. The van der Waals surface area contributed by atoms with Gasteiger partial charge in [-0.15, -0.1) is 0 Å². The fourth-order valence-electron chi connectivity index (χ4n) is 2.12. The van der Waals surface area contributed by atoms with Crippen molar-refractivity contribution >= 4 is 5.91 Å². The van der Waals surface area contributed by atoms with Crippen LogP contribution >= 0.6 is 0 Å². The Balaban J connectivity index is 1.92. The molecule has 1 amide bonds. The summed E-state index contributed by atoms with van der Waals surface area (Å²) >= 11 is 0. The molecule has 2 aromatic rings. The van der Waals surface area contributed by atoms with Gasteiger partial charge in [-0.25, -0.2) is 0 Å². The number of nitrogens with zero attached hydrogens (tertiary/aromatic N) is 1. The molecule has 104 valence electrons. The average Bonchev–Trinajstić information content (AvgIpc) is 2.45. The summed E-state index contributed by atoms with van der Waals surface area (Å²) in [5.41, 5.74) is 3.44. The molecule has 1 aromatic carbocycles. The number of amides is 1. The molecule has 0 bridgehead atoms. The van der Waals surface area contributed by atoms with Crippen LogP contribution in [-0.2, 0) is 6.42 Å². The molecule has 0 atom stereocenters. The van der Waals surface area contributed by atoms with E-state index in [2.05, 4.69) is 10.3 Å². The second-order valence-electron chi connectivity index (χ2n) is 4.82. The van der Waals surface area contributed by atoms with Gasteiger partial charge in [0.05, 0.1) is 0 Å². The molecular weight excluding hydrogens is 252 g/mol. The van der Waals surface area contributed by atoms with Gasteiger partial charge >= 0.3 is 0 Å². The summed E-state index contributed by atoms with van der Waals surface area (Å²) in [6, 6.07) is 7.26. The van der Waals surface area contributed by atoms with Crippen LogP contribution in [0.25, 0.3) is 0 Å². The first-order valence-corrected chi connectivity index (χ1v) is 6.55. The highest BCUT2D eigenvalue weighted by Crippen LogP contribution is 2.22. The van der Waals surface area contributed by atoms with Gasteiger partial charge in [0.1, 0.15) is 5.75 Å². The Hall–Kier alpha value is -2.36. The summed E-state index contributed by atoms with van der Waals surface area (Å²) in [6.45, 7) is 4.31. The van der Waals surface area contributed by atoms with Gasteiger partial charge in [0.15, 0.2) is 0 Å². The van der Waals surface area contributed by atoms with Crippen LogP contribution in [0.15, 0.2) is 36.7 Å². The van der Waals surface area contributed by atoms with Crippen LogP contribution in [0.2, 0.25) is 0 Å². The normalized spacial score (nSPS) is 10.3. The lowest BCUT2D eigenvalue weighted by molar-refractivity contribution is 0.0954. The number of nitrogens with one attached hydrogen (secondary N) is 1. The minimum Gasteiger partial charge on any atom is -0.507 e. The fourth-order valence-corrected chi connectivity index (χ4v) is 2.12. The van der Waals surface area contributed by atoms with Crippen LogP contribution in [0.5, 0.6) is 5.75 Å². The average molecular weight is 270 g/mol. The van der Waals surface area contributed by atoms with E-state index in [0.717, 1.165) is 23.1 Å². The first-order chi connectivity index (χ1) is 9.58. The van der Waals surface area contributed by atoms with Gasteiger partial charge in [-0.1, -0.05) is 12.1 Å².